The van der Waals surface area contributed by atoms with E-state index in [4.69, 9.17) is 4.74 Å². The molecule has 0 saturated heterocycles. The Balaban J connectivity index is 1.53. The standard InChI is InChI=1S/C22H27N5O3/c1-14(2)17-10-9-15(3)11-19(17)30-20(28)13-26-22(29)18-12-23-27(21(18)24-25-26)16-7-5-4-6-8-16/h4-8,12,14-15,17,19H,9-11,13H2,1-3H3/t15-,17-,19-/m1/s1. The molecule has 1 aliphatic rings. The summed E-state index contributed by atoms with van der Waals surface area (Å²) >= 11 is 0. The van der Waals surface area contributed by atoms with Crippen LogP contribution in [0.1, 0.15) is 40.0 Å². The first kappa shape index (κ1) is 20.3. The van der Waals surface area contributed by atoms with Gasteiger partial charge in [0, 0.05) is 0 Å². The minimum Gasteiger partial charge on any atom is -0.461 e. The summed E-state index contributed by atoms with van der Waals surface area (Å²) in [6, 6.07) is 9.39. The van der Waals surface area contributed by atoms with Crippen LogP contribution in [-0.2, 0) is 16.1 Å². The average Bonchev–Trinajstić information content (AvgIpc) is 3.15. The Morgan fingerprint density at radius 3 is 2.73 bits per heavy atom. The first-order valence-electron chi connectivity index (χ1n) is 10.5. The zero-order valence-corrected chi connectivity index (χ0v) is 17.6. The summed E-state index contributed by atoms with van der Waals surface area (Å²) in [4.78, 5) is 25.4. The molecular weight excluding hydrogens is 382 g/mol. The van der Waals surface area contributed by atoms with Gasteiger partial charge in [-0.1, -0.05) is 50.6 Å². The van der Waals surface area contributed by atoms with Gasteiger partial charge in [0.05, 0.1) is 11.9 Å². The smallest absolute Gasteiger partial charge is 0.328 e. The van der Waals surface area contributed by atoms with Crippen LogP contribution in [0.2, 0.25) is 0 Å². The largest absolute Gasteiger partial charge is 0.461 e. The number of hydrogen-bond acceptors (Lipinski definition) is 6. The van der Waals surface area contributed by atoms with E-state index in [0.717, 1.165) is 29.6 Å². The molecule has 1 aromatic carbocycles. The van der Waals surface area contributed by atoms with Crippen LogP contribution in [0.15, 0.2) is 41.3 Å². The summed E-state index contributed by atoms with van der Waals surface area (Å²) < 4.78 is 8.41. The van der Waals surface area contributed by atoms with E-state index >= 15 is 0 Å². The number of fused-ring (bicyclic) bond motifs is 1. The Bertz CT molecular complexity index is 1090. The summed E-state index contributed by atoms with van der Waals surface area (Å²) in [6.45, 7) is 6.26. The van der Waals surface area contributed by atoms with Crippen molar-refractivity contribution in [2.45, 2.75) is 52.7 Å². The molecule has 0 bridgehead atoms. The van der Waals surface area contributed by atoms with Crippen LogP contribution in [0.5, 0.6) is 0 Å². The normalized spacial score (nSPS) is 21.8. The maximum atomic E-state index is 12.8. The predicted molar refractivity (Wildman–Crippen MR) is 112 cm³/mol. The Labute approximate surface area is 174 Å². The van der Waals surface area contributed by atoms with Crippen molar-refractivity contribution in [2.75, 3.05) is 0 Å². The Kier molecular flexibility index (Phi) is 5.65. The molecular formula is C22H27N5O3. The lowest BCUT2D eigenvalue weighted by Gasteiger charge is -2.36. The summed E-state index contributed by atoms with van der Waals surface area (Å²) in [5.41, 5.74) is 0.734. The highest BCUT2D eigenvalue weighted by Crippen LogP contribution is 2.35. The van der Waals surface area contributed by atoms with Gasteiger partial charge in [-0.3, -0.25) is 9.59 Å². The predicted octanol–water partition coefficient (Wildman–Crippen LogP) is 2.98. The number of para-hydroxylation sites is 1. The van der Waals surface area contributed by atoms with Crippen molar-refractivity contribution >= 4 is 17.0 Å². The van der Waals surface area contributed by atoms with Crippen LogP contribution in [-0.4, -0.2) is 36.8 Å². The maximum Gasteiger partial charge on any atom is 0.328 e. The van der Waals surface area contributed by atoms with Gasteiger partial charge in [0.15, 0.2) is 5.65 Å². The molecule has 0 spiro atoms. The van der Waals surface area contributed by atoms with Gasteiger partial charge in [-0.25, -0.2) is 4.68 Å². The number of hydrogen-bond donors (Lipinski definition) is 0. The van der Waals surface area contributed by atoms with Crippen LogP contribution in [0, 0.1) is 17.8 Å². The molecule has 158 valence electrons. The molecule has 0 amide bonds. The molecule has 30 heavy (non-hydrogen) atoms. The number of carbonyl (C=O) groups excluding carboxylic acids is 1. The van der Waals surface area contributed by atoms with Crippen molar-refractivity contribution in [2.24, 2.45) is 17.8 Å². The zero-order chi connectivity index (χ0) is 21.3. The van der Waals surface area contributed by atoms with E-state index in [1.165, 1.54) is 6.20 Å². The highest BCUT2D eigenvalue weighted by atomic mass is 16.5. The van der Waals surface area contributed by atoms with Gasteiger partial charge in [-0.2, -0.15) is 9.78 Å². The minimum absolute atomic E-state index is 0.116. The maximum absolute atomic E-state index is 12.8. The fraction of sp³-hybridized carbons (Fsp3) is 0.500. The third-order valence-corrected chi connectivity index (χ3v) is 5.98. The number of carbonyl (C=O) groups is 1. The lowest BCUT2D eigenvalue weighted by Crippen LogP contribution is -2.37. The van der Waals surface area contributed by atoms with Crippen molar-refractivity contribution in [1.82, 2.24) is 24.8 Å². The van der Waals surface area contributed by atoms with Gasteiger partial charge in [-0.15, -0.1) is 5.10 Å². The fourth-order valence-corrected chi connectivity index (χ4v) is 4.31. The molecule has 0 radical (unpaired) electrons. The van der Waals surface area contributed by atoms with E-state index in [-0.39, 0.29) is 12.6 Å². The second kappa shape index (κ2) is 8.38. The summed E-state index contributed by atoms with van der Waals surface area (Å²) in [7, 11) is 0. The first-order valence-corrected chi connectivity index (χ1v) is 10.5. The molecule has 1 aliphatic carbocycles. The number of esters is 1. The van der Waals surface area contributed by atoms with Crippen LogP contribution in [0.3, 0.4) is 0 Å². The highest BCUT2D eigenvalue weighted by molar-refractivity contribution is 5.75. The van der Waals surface area contributed by atoms with Gasteiger partial charge < -0.3 is 4.74 Å². The molecule has 1 saturated carbocycles. The lowest BCUT2D eigenvalue weighted by molar-refractivity contribution is -0.157. The molecule has 3 aromatic rings. The molecule has 8 nitrogen and oxygen atoms in total. The van der Waals surface area contributed by atoms with Crippen LogP contribution < -0.4 is 5.56 Å². The van der Waals surface area contributed by atoms with Crippen molar-refractivity contribution in [3.8, 4) is 5.69 Å². The fourth-order valence-electron chi connectivity index (χ4n) is 4.31. The SMILES string of the molecule is CC(C)[C@H]1CC[C@@H](C)C[C@H]1OC(=O)Cn1nnc2c(cnn2-c2ccccc2)c1=O. The zero-order valence-electron chi connectivity index (χ0n) is 17.6. The Morgan fingerprint density at radius 2 is 2.00 bits per heavy atom. The molecule has 0 N–H and O–H groups in total. The average molecular weight is 409 g/mol. The van der Waals surface area contributed by atoms with Gasteiger partial charge in [0.1, 0.15) is 18.0 Å². The molecule has 2 aromatic heterocycles. The minimum atomic E-state index is -0.453. The van der Waals surface area contributed by atoms with Gasteiger partial charge in [0.2, 0.25) is 0 Å². The van der Waals surface area contributed by atoms with Crippen molar-refractivity contribution in [3.63, 3.8) is 0 Å². The number of rotatable bonds is 5. The second-order valence-electron chi connectivity index (χ2n) is 8.54. The van der Waals surface area contributed by atoms with Crippen molar-refractivity contribution < 1.29 is 9.53 Å². The molecule has 2 heterocycles. The van der Waals surface area contributed by atoms with E-state index in [9.17, 15) is 9.59 Å². The molecule has 8 heteroatoms. The highest BCUT2D eigenvalue weighted by Gasteiger charge is 2.33. The number of aromatic nitrogens is 5. The Hall–Kier alpha value is -3.03. The van der Waals surface area contributed by atoms with Crippen molar-refractivity contribution in [1.29, 1.82) is 0 Å². The summed E-state index contributed by atoms with van der Waals surface area (Å²) in [6.07, 6.45) is 4.41. The summed E-state index contributed by atoms with van der Waals surface area (Å²) in [5, 5.41) is 12.7. The van der Waals surface area contributed by atoms with Crippen LogP contribution in [0.25, 0.3) is 16.7 Å². The van der Waals surface area contributed by atoms with E-state index in [2.05, 4.69) is 36.2 Å². The van der Waals surface area contributed by atoms with E-state index in [0.29, 0.717) is 28.8 Å². The molecule has 1 fully saturated rings. The number of ether oxygens (including phenoxy) is 1. The van der Waals surface area contributed by atoms with Crippen LogP contribution >= 0.6 is 0 Å². The molecule has 4 rings (SSSR count). The Morgan fingerprint density at radius 1 is 1.23 bits per heavy atom. The summed E-state index contributed by atoms with van der Waals surface area (Å²) in [5.74, 6) is 0.865. The molecule has 0 aliphatic heterocycles. The lowest BCUT2D eigenvalue weighted by atomic mass is 9.75. The molecule has 0 unspecified atom stereocenters. The van der Waals surface area contributed by atoms with Crippen LogP contribution in [0.4, 0.5) is 0 Å². The third kappa shape index (κ3) is 3.99. The van der Waals surface area contributed by atoms with Gasteiger partial charge >= 0.3 is 5.97 Å². The van der Waals surface area contributed by atoms with Crippen molar-refractivity contribution in [3.05, 3.63) is 46.9 Å². The van der Waals surface area contributed by atoms with E-state index in [1.807, 2.05) is 30.3 Å². The number of benzene rings is 1. The van der Waals surface area contributed by atoms with E-state index in [1.54, 1.807) is 4.68 Å². The second-order valence-corrected chi connectivity index (χ2v) is 8.54. The van der Waals surface area contributed by atoms with Gasteiger partial charge in [0.25, 0.3) is 5.56 Å². The third-order valence-electron chi connectivity index (χ3n) is 5.98. The van der Waals surface area contributed by atoms with E-state index < -0.39 is 11.5 Å². The molecule has 3 atom stereocenters. The quantitative estimate of drug-likeness (QED) is 0.602. The topological polar surface area (TPSA) is 91.9 Å². The monoisotopic (exact) mass is 409 g/mol. The van der Waals surface area contributed by atoms with Gasteiger partial charge in [-0.05, 0) is 42.7 Å². The first-order chi connectivity index (χ1) is 14.4. The number of nitrogens with zero attached hydrogens (tertiary/aromatic N) is 5.